The van der Waals surface area contributed by atoms with Crippen LogP contribution in [0.5, 0.6) is 0 Å². The lowest BCUT2D eigenvalue weighted by Crippen LogP contribution is -2.45. The number of alkyl halides is 3. The minimum absolute atomic E-state index is 0.202. The number of nitrogens with one attached hydrogen (secondary N) is 2. The second kappa shape index (κ2) is 10.3. The fraction of sp³-hybridized carbons (Fsp3) is 0.280. The third kappa shape index (κ3) is 5.65. The Morgan fingerprint density at radius 3 is 2.51 bits per heavy atom. The number of fused-ring (bicyclic) bond motifs is 1. The molecule has 11 nitrogen and oxygen atoms in total. The lowest BCUT2D eigenvalue weighted by atomic mass is 10.1. The fourth-order valence-electron chi connectivity index (χ4n) is 4.09. The number of benzene rings is 1. The van der Waals surface area contributed by atoms with E-state index in [2.05, 4.69) is 42.5 Å². The van der Waals surface area contributed by atoms with Crippen molar-refractivity contribution in [3.63, 3.8) is 0 Å². The SMILES string of the molecule is Cc1ccc(C(=O)Nc2cc(C(F)(F)F)ccn2)cc1Nc1ncnc2c(N)nc(N3CCN(C)CC3)nc12. The maximum absolute atomic E-state index is 13.0. The maximum Gasteiger partial charge on any atom is 0.416 e. The average Bonchev–Trinajstić information content (AvgIpc) is 2.90. The van der Waals surface area contributed by atoms with Crippen molar-refractivity contribution in [1.29, 1.82) is 0 Å². The zero-order valence-corrected chi connectivity index (χ0v) is 21.1. The van der Waals surface area contributed by atoms with Crippen LogP contribution >= 0.6 is 0 Å². The Labute approximate surface area is 221 Å². The standard InChI is InChI=1S/C25H25F3N10O/c1-14-3-4-15(23(39)34-18-12-16(5-6-30-18)25(26,27)28)11-17(14)33-22-20-19(31-13-32-22)21(29)36-24(35-20)38-9-7-37(2)8-10-38/h3-6,11-13H,7-10H2,1-2H3,(H2,29,35,36)(H,30,34,39)(H,31,32,33). The topological polar surface area (TPSA) is 138 Å². The summed E-state index contributed by atoms with van der Waals surface area (Å²) in [5, 5.41) is 5.62. The molecule has 4 heterocycles. The number of carbonyl (C=O) groups excluding carboxylic acids is 1. The van der Waals surface area contributed by atoms with Crippen molar-refractivity contribution in [2.75, 3.05) is 54.5 Å². The summed E-state index contributed by atoms with van der Waals surface area (Å²) < 4.78 is 39.1. The van der Waals surface area contributed by atoms with E-state index in [0.717, 1.165) is 50.1 Å². The summed E-state index contributed by atoms with van der Waals surface area (Å²) in [6.45, 7) is 5.05. The van der Waals surface area contributed by atoms with Crippen molar-refractivity contribution in [1.82, 2.24) is 29.8 Å². The van der Waals surface area contributed by atoms with Crippen molar-refractivity contribution in [2.24, 2.45) is 0 Å². The number of rotatable bonds is 5. The van der Waals surface area contributed by atoms with E-state index in [4.69, 9.17) is 10.7 Å². The third-order valence-corrected chi connectivity index (χ3v) is 6.36. The second-order valence-corrected chi connectivity index (χ2v) is 9.16. The van der Waals surface area contributed by atoms with Gasteiger partial charge in [-0.25, -0.2) is 19.9 Å². The highest BCUT2D eigenvalue weighted by atomic mass is 19.4. The number of nitrogen functional groups attached to an aromatic ring is 1. The van der Waals surface area contributed by atoms with Gasteiger partial charge in [0.25, 0.3) is 5.91 Å². The van der Waals surface area contributed by atoms with E-state index in [0.29, 0.717) is 28.5 Å². The number of anilines is 5. The van der Waals surface area contributed by atoms with E-state index in [1.54, 1.807) is 18.2 Å². The molecule has 0 atom stereocenters. The van der Waals surface area contributed by atoms with Crippen LogP contribution in [0.2, 0.25) is 0 Å². The van der Waals surface area contributed by atoms with Gasteiger partial charge in [0.2, 0.25) is 5.95 Å². The number of amides is 1. The quantitative estimate of drug-likeness (QED) is 0.346. The maximum atomic E-state index is 13.0. The van der Waals surface area contributed by atoms with Crippen molar-refractivity contribution >= 4 is 46.0 Å². The van der Waals surface area contributed by atoms with Gasteiger partial charge in [0.05, 0.1) is 5.56 Å². The molecule has 14 heteroatoms. The molecular weight excluding hydrogens is 513 g/mol. The predicted molar refractivity (Wildman–Crippen MR) is 141 cm³/mol. The Morgan fingerprint density at radius 1 is 1.00 bits per heavy atom. The Morgan fingerprint density at radius 2 is 1.77 bits per heavy atom. The number of likely N-dealkylation sites (N-methyl/N-ethyl adjacent to an activating group) is 1. The van der Waals surface area contributed by atoms with Gasteiger partial charge in [-0.3, -0.25) is 4.79 Å². The molecule has 0 radical (unpaired) electrons. The Balaban J connectivity index is 1.43. The first kappa shape index (κ1) is 26.0. The molecule has 0 saturated carbocycles. The molecule has 0 bridgehead atoms. The normalized spacial score (nSPS) is 14.4. The van der Waals surface area contributed by atoms with E-state index >= 15 is 0 Å². The Hall–Kier alpha value is -4.59. The minimum Gasteiger partial charge on any atom is -0.382 e. The number of piperazine rings is 1. The van der Waals surface area contributed by atoms with Crippen LogP contribution in [0, 0.1) is 6.92 Å². The van der Waals surface area contributed by atoms with Crippen LogP contribution in [-0.4, -0.2) is 69.0 Å². The number of carbonyl (C=O) groups is 1. The van der Waals surface area contributed by atoms with E-state index < -0.39 is 17.6 Å². The fourth-order valence-corrected chi connectivity index (χ4v) is 4.09. The summed E-state index contributed by atoms with van der Waals surface area (Å²) in [5.41, 5.74) is 7.64. The van der Waals surface area contributed by atoms with E-state index in [1.807, 2.05) is 11.8 Å². The molecule has 0 spiro atoms. The zero-order chi connectivity index (χ0) is 27.7. The van der Waals surface area contributed by atoms with Crippen molar-refractivity contribution in [2.45, 2.75) is 13.1 Å². The molecule has 39 heavy (non-hydrogen) atoms. The highest BCUT2D eigenvalue weighted by Crippen LogP contribution is 2.31. The van der Waals surface area contributed by atoms with Crippen LogP contribution in [0.4, 0.5) is 42.3 Å². The van der Waals surface area contributed by atoms with Crippen LogP contribution in [0.3, 0.4) is 0 Å². The van der Waals surface area contributed by atoms with Crippen molar-refractivity contribution in [3.8, 4) is 0 Å². The van der Waals surface area contributed by atoms with Gasteiger partial charge < -0.3 is 26.2 Å². The van der Waals surface area contributed by atoms with E-state index in [1.165, 1.54) is 6.33 Å². The first-order valence-corrected chi connectivity index (χ1v) is 12.0. The molecule has 4 aromatic rings. The number of hydrogen-bond acceptors (Lipinski definition) is 10. The molecule has 5 rings (SSSR count). The molecule has 0 aliphatic carbocycles. The van der Waals surface area contributed by atoms with E-state index in [9.17, 15) is 18.0 Å². The number of nitrogens with two attached hydrogens (primary N) is 1. The molecule has 1 aliphatic heterocycles. The molecule has 1 aromatic carbocycles. The van der Waals surface area contributed by atoms with Gasteiger partial charge >= 0.3 is 6.18 Å². The number of halogens is 3. The summed E-state index contributed by atoms with van der Waals surface area (Å²) >= 11 is 0. The highest BCUT2D eigenvalue weighted by Gasteiger charge is 2.31. The number of nitrogens with zero attached hydrogens (tertiary/aromatic N) is 7. The number of aryl methyl sites for hydroxylation is 1. The Kier molecular flexibility index (Phi) is 6.87. The molecule has 1 fully saturated rings. The first-order valence-electron chi connectivity index (χ1n) is 12.0. The van der Waals surface area contributed by atoms with Crippen molar-refractivity contribution < 1.29 is 18.0 Å². The lowest BCUT2D eigenvalue weighted by Gasteiger charge is -2.32. The lowest BCUT2D eigenvalue weighted by molar-refractivity contribution is -0.137. The minimum atomic E-state index is -4.55. The smallest absolute Gasteiger partial charge is 0.382 e. The predicted octanol–water partition coefficient (Wildman–Crippen LogP) is 3.47. The molecule has 1 amide bonds. The zero-order valence-electron chi connectivity index (χ0n) is 21.1. The average molecular weight is 539 g/mol. The van der Waals surface area contributed by atoms with Gasteiger partial charge in [0.15, 0.2) is 11.6 Å². The van der Waals surface area contributed by atoms with Gasteiger partial charge in [0.1, 0.15) is 23.2 Å². The summed E-state index contributed by atoms with van der Waals surface area (Å²) in [6, 6.07) is 6.45. The second-order valence-electron chi connectivity index (χ2n) is 9.16. The van der Waals surface area contributed by atoms with Crippen LogP contribution in [0.1, 0.15) is 21.5 Å². The number of pyridine rings is 1. The van der Waals surface area contributed by atoms with Gasteiger partial charge in [-0.1, -0.05) is 6.07 Å². The summed E-state index contributed by atoms with van der Waals surface area (Å²) in [4.78, 5) is 38.7. The van der Waals surface area contributed by atoms with Crippen LogP contribution in [-0.2, 0) is 6.18 Å². The number of hydrogen-bond donors (Lipinski definition) is 3. The van der Waals surface area contributed by atoms with Crippen molar-refractivity contribution in [3.05, 3.63) is 59.5 Å². The summed E-state index contributed by atoms with van der Waals surface area (Å²) in [7, 11) is 2.05. The van der Waals surface area contributed by atoms with Gasteiger partial charge in [-0.2, -0.15) is 18.2 Å². The van der Waals surface area contributed by atoms with E-state index in [-0.39, 0.29) is 17.2 Å². The molecule has 0 unspecified atom stereocenters. The summed E-state index contributed by atoms with van der Waals surface area (Å²) in [6.07, 6.45) is -2.23. The molecule has 1 saturated heterocycles. The number of aromatic nitrogens is 5. The molecule has 4 N–H and O–H groups in total. The first-order chi connectivity index (χ1) is 18.6. The Bertz CT molecular complexity index is 1540. The monoisotopic (exact) mass is 538 g/mol. The van der Waals surface area contributed by atoms with Gasteiger partial charge in [0, 0.05) is 43.6 Å². The molecule has 3 aromatic heterocycles. The van der Waals surface area contributed by atoms with Crippen LogP contribution in [0.25, 0.3) is 11.0 Å². The molecule has 1 aliphatic rings. The largest absolute Gasteiger partial charge is 0.416 e. The van der Waals surface area contributed by atoms with Crippen LogP contribution < -0.4 is 21.3 Å². The van der Waals surface area contributed by atoms with Gasteiger partial charge in [-0.15, -0.1) is 0 Å². The van der Waals surface area contributed by atoms with Crippen LogP contribution in [0.15, 0.2) is 42.9 Å². The summed E-state index contributed by atoms with van der Waals surface area (Å²) in [5.74, 6) is 0.226. The van der Waals surface area contributed by atoms with Gasteiger partial charge in [-0.05, 0) is 43.8 Å². The highest BCUT2D eigenvalue weighted by molar-refractivity contribution is 6.04. The molecule has 202 valence electrons. The third-order valence-electron chi connectivity index (χ3n) is 6.36. The molecular formula is C25H25F3N10O.